The van der Waals surface area contributed by atoms with Crippen LogP contribution in [0.15, 0.2) is 21.7 Å². The summed E-state index contributed by atoms with van der Waals surface area (Å²) in [6.45, 7) is 2.31. The maximum absolute atomic E-state index is 12.2. The SMILES string of the molecule is Cc1cc(S(=O)(=O)NCc2cc(C#CCN)cs2)sc1Cl. The smallest absolute Gasteiger partial charge is 0.250 e. The number of nitrogens with two attached hydrogens (primary N) is 1. The van der Waals surface area contributed by atoms with Gasteiger partial charge in [-0.1, -0.05) is 23.4 Å². The highest BCUT2D eigenvalue weighted by Gasteiger charge is 2.18. The molecule has 112 valence electrons. The van der Waals surface area contributed by atoms with E-state index in [1.807, 2.05) is 11.4 Å². The lowest BCUT2D eigenvalue weighted by molar-refractivity contribution is 0.584. The zero-order chi connectivity index (χ0) is 15.5. The van der Waals surface area contributed by atoms with Crippen LogP contribution in [0.2, 0.25) is 4.34 Å². The molecule has 0 radical (unpaired) electrons. The van der Waals surface area contributed by atoms with E-state index in [1.54, 1.807) is 13.0 Å². The van der Waals surface area contributed by atoms with Crippen molar-refractivity contribution in [1.82, 2.24) is 4.72 Å². The number of hydrogen-bond donors (Lipinski definition) is 2. The first kappa shape index (κ1) is 16.5. The number of aryl methyl sites for hydroxylation is 1. The van der Waals surface area contributed by atoms with Crippen LogP contribution in [0.3, 0.4) is 0 Å². The third-order valence-corrected chi connectivity index (χ3v) is 6.89. The molecule has 3 N–H and O–H groups in total. The Morgan fingerprint density at radius 1 is 1.43 bits per heavy atom. The minimum absolute atomic E-state index is 0.227. The van der Waals surface area contributed by atoms with E-state index < -0.39 is 10.0 Å². The number of hydrogen-bond acceptors (Lipinski definition) is 5. The molecule has 2 aromatic heterocycles. The van der Waals surface area contributed by atoms with Gasteiger partial charge in [0.1, 0.15) is 4.21 Å². The molecule has 8 heteroatoms. The molecule has 0 aromatic carbocycles. The van der Waals surface area contributed by atoms with Gasteiger partial charge in [0.2, 0.25) is 10.0 Å². The van der Waals surface area contributed by atoms with Crippen LogP contribution in [0.25, 0.3) is 0 Å². The van der Waals surface area contributed by atoms with E-state index in [-0.39, 0.29) is 10.8 Å². The Bertz CT molecular complexity index is 777. The summed E-state index contributed by atoms with van der Waals surface area (Å²) < 4.78 is 27.6. The highest BCUT2D eigenvalue weighted by molar-refractivity contribution is 7.91. The summed E-state index contributed by atoms with van der Waals surface area (Å²) >= 11 is 8.41. The topological polar surface area (TPSA) is 72.2 Å². The van der Waals surface area contributed by atoms with Crippen LogP contribution in [0.1, 0.15) is 16.0 Å². The average molecular weight is 361 g/mol. The Morgan fingerprint density at radius 2 is 2.19 bits per heavy atom. The van der Waals surface area contributed by atoms with Crippen molar-refractivity contribution < 1.29 is 8.42 Å². The number of halogens is 1. The molecule has 0 fully saturated rings. The van der Waals surface area contributed by atoms with Gasteiger partial charge in [-0.25, -0.2) is 13.1 Å². The monoisotopic (exact) mass is 360 g/mol. The van der Waals surface area contributed by atoms with Crippen LogP contribution in [0, 0.1) is 18.8 Å². The van der Waals surface area contributed by atoms with Crippen molar-refractivity contribution in [3.63, 3.8) is 0 Å². The number of sulfonamides is 1. The predicted molar refractivity (Wildman–Crippen MR) is 88.3 cm³/mol. The lowest BCUT2D eigenvalue weighted by atomic mass is 10.3. The Hall–Kier alpha value is -0.880. The lowest BCUT2D eigenvalue weighted by Gasteiger charge is -2.02. The minimum Gasteiger partial charge on any atom is -0.320 e. The Morgan fingerprint density at radius 3 is 2.81 bits per heavy atom. The fourth-order valence-corrected chi connectivity index (χ4v) is 5.10. The van der Waals surface area contributed by atoms with Gasteiger partial charge in [0.25, 0.3) is 0 Å². The molecule has 2 rings (SSSR count). The van der Waals surface area contributed by atoms with Gasteiger partial charge >= 0.3 is 0 Å². The van der Waals surface area contributed by atoms with E-state index in [9.17, 15) is 8.42 Å². The van der Waals surface area contributed by atoms with Gasteiger partial charge in [0.15, 0.2) is 0 Å². The second kappa shape index (κ2) is 6.92. The minimum atomic E-state index is -3.53. The van der Waals surface area contributed by atoms with E-state index in [1.165, 1.54) is 11.3 Å². The van der Waals surface area contributed by atoms with Crippen molar-refractivity contribution in [3.8, 4) is 11.8 Å². The van der Waals surface area contributed by atoms with Gasteiger partial charge in [-0.05, 0) is 24.6 Å². The van der Waals surface area contributed by atoms with Gasteiger partial charge in [0, 0.05) is 22.4 Å². The van der Waals surface area contributed by atoms with E-state index >= 15 is 0 Å². The third-order valence-electron chi connectivity index (χ3n) is 2.52. The molecule has 21 heavy (non-hydrogen) atoms. The highest BCUT2D eigenvalue weighted by atomic mass is 35.5. The third kappa shape index (κ3) is 4.30. The van der Waals surface area contributed by atoms with E-state index in [0.29, 0.717) is 10.9 Å². The molecule has 2 heterocycles. The molecule has 2 aromatic rings. The average Bonchev–Trinajstić information content (AvgIpc) is 3.02. The first-order chi connectivity index (χ1) is 9.92. The Kier molecular flexibility index (Phi) is 5.43. The molecular formula is C13H13ClN2O2S3. The zero-order valence-electron chi connectivity index (χ0n) is 11.1. The van der Waals surface area contributed by atoms with Crippen LogP contribution < -0.4 is 10.5 Å². The maximum atomic E-state index is 12.2. The van der Waals surface area contributed by atoms with Crippen LogP contribution in [0.4, 0.5) is 0 Å². The van der Waals surface area contributed by atoms with Gasteiger partial charge in [0.05, 0.1) is 10.9 Å². The summed E-state index contributed by atoms with van der Waals surface area (Å²) in [6.07, 6.45) is 0. The normalized spacial score (nSPS) is 11.2. The van der Waals surface area contributed by atoms with E-state index in [0.717, 1.165) is 27.3 Å². The lowest BCUT2D eigenvalue weighted by Crippen LogP contribution is -2.21. The summed E-state index contributed by atoms with van der Waals surface area (Å²) in [5.74, 6) is 5.66. The van der Waals surface area contributed by atoms with Crippen LogP contribution in [-0.2, 0) is 16.6 Å². The molecule has 4 nitrogen and oxygen atoms in total. The van der Waals surface area contributed by atoms with Crippen molar-refractivity contribution in [2.75, 3.05) is 6.54 Å². The predicted octanol–water partition coefficient (Wildman–Crippen LogP) is 2.56. The Labute approximate surface area is 137 Å². The number of thiophene rings is 2. The molecule has 0 unspecified atom stereocenters. The molecule has 0 amide bonds. The summed E-state index contributed by atoms with van der Waals surface area (Å²) in [7, 11) is -3.53. The molecule has 0 spiro atoms. The fraction of sp³-hybridized carbons (Fsp3) is 0.231. The van der Waals surface area contributed by atoms with Crippen molar-refractivity contribution in [3.05, 3.63) is 37.9 Å². The molecule has 0 aliphatic rings. The summed E-state index contributed by atoms with van der Waals surface area (Å²) in [5, 5.41) is 1.87. The molecule has 0 aliphatic carbocycles. The maximum Gasteiger partial charge on any atom is 0.250 e. The van der Waals surface area contributed by atoms with Crippen molar-refractivity contribution in [2.24, 2.45) is 5.73 Å². The van der Waals surface area contributed by atoms with Gasteiger partial charge < -0.3 is 5.73 Å². The van der Waals surface area contributed by atoms with Crippen molar-refractivity contribution >= 4 is 44.3 Å². The molecule has 0 saturated carbocycles. The first-order valence-electron chi connectivity index (χ1n) is 5.94. The molecule has 0 bridgehead atoms. The van der Waals surface area contributed by atoms with Gasteiger partial charge in [-0.3, -0.25) is 0 Å². The molecule has 0 saturated heterocycles. The largest absolute Gasteiger partial charge is 0.320 e. The molecule has 0 atom stereocenters. The number of nitrogens with one attached hydrogen (secondary N) is 1. The van der Waals surface area contributed by atoms with Crippen LogP contribution >= 0.6 is 34.3 Å². The first-order valence-corrected chi connectivity index (χ1v) is 9.50. The highest BCUT2D eigenvalue weighted by Crippen LogP contribution is 2.30. The van der Waals surface area contributed by atoms with Crippen molar-refractivity contribution in [1.29, 1.82) is 0 Å². The van der Waals surface area contributed by atoms with Gasteiger partial charge in [-0.2, -0.15) is 0 Å². The quantitative estimate of drug-likeness (QED) is 0.823. The molecule has 0 aliphatic heterocycles. The summed E-state index contributed by atoms with van der Waals surface area (Å²) in [6, 6.07) is 3.42. The second-order valence-electron chi connectivity index (χ2n) is 4.15. The summed E-state index contributed by atoms with van der Waals surface area (Å²) in [4.78, 5) is 0.888. The van der Waals surface area contributed by atoms with Crippen molar-refractivity contribution in [2.45, 2.75) is 17.7 Å². The second-order valence-corrected chi connectivity index (χ2v) is 8.80. The van der Waals surface area contributed by atoms with Gasteiger partial charge in [-0.15, -0.1) is 22.7 Å². The summed E-state index contributed by atoms with van der Waals surface area (Å²) in [5.41, 5.74) is 6.91. The van der Waals surface area contributed by atoms with Crippen LogP contribution in [0.5, 0.6) is 0 Å². The Balaban J connectivity index is 2.06. The van der Waals surface area contributed by atoms with Crippen LogP contribution in [-0.4, -0.2) is 15.0 Å². The standard InChI is InChI=1S/C13H13ClN2O2S3/c1-9-5-12(20-13(9)14)21(17,18)16-7-11-6-10(8-19-11)3-2-4-15/h5-6,8,16H,4,7,15H2,1H3. The van der Waals surface area contributed by atoms with E-state index in [4.69, 9.17) is 17.3 Å². The fourth-order valence-electron chi connectivity index (χ4n) is 1.49. The van der Waals surface area contributed by atoms with E-state index in [2.05, 4.69) is 16.6 Å². The number of rotatable bonds is 4. The zero-order valence-corrected chi connectivity index (χ0v) is 14.3. The molecular weight excluding hydrogens is 348 g/mol.